The summed E-state index contributed by atoms with van der Waals surface area (Å²) in [5, 5.41) is 8.97. The molecule has 4 nitrogen and oxygen atoms in total. The molecule has 0 aromatic carbocycles. The molecule has 0 radical (unpaired) electrons. The van der Waals surface area contributed by atoms with Crippen LogP contribution in [-0.4, -0.2) is 23.7 Å². The van der Waals surface area contributed by atoms with Crippen molar-refractivity contribution >= 4 is 11.9 Å². The minimum Gasteiger partial charge on any atom is -0.481 e. The lowest BCUT2D eigenvalue weighted by atomic mass is 10.0. The van der Waals surface area contributed by atoms with Crippen LogP contribution in [0.15, 0.2) is 24.8 Å². The van der Waals surface area contributed by atoms with Gasteiger partial charge in [0.25, 0.3) is 0 Å². The van der Waals surface area contributed by atoms with Crippen LogP contribution in [-0.2, 0) is 14.3 Å². The van der Waals surface area contributed by atoms with Crippen LogP contribution in [0.3, 0.4) is 0 Å². The Labute approximate surface area is 217 Å². The average Bonchev–Trinajstić information content (AvgIpc) is 2.84. The summed E-state index contributed by atoms with van der Waals surface area (Å²) in [6.07, 6.45) is 33.2. The molecule has 1 N–H and O–H groups in total. The summed E-state index contributed by atoms with van der Waals surface area (Å²) in [6, 6.07) is 0. The van der Waals surface area contributed by atoms with Crippen LogP contribution in [0, 0.1) is 5.92 Å². The Morgan fingerprint density at radius 3 is 1.49 bits per heavy atom. The van der Waals surface area contributed by atoms with E-state index in [1.807, 2.05) is 6.08 Å². The molecule has 0 aliphatic rings. The van der Waals surface area contributed by atoms with Gasteiger partial charge in [0, 0.05) is 0 Å². The normalized spacial score (nSPS) is 12.1. The predicted octanol–water partition coefficient (Wildman–Crippen LogP) is 9.57. The number of carboxylic acid groups (broad SMARTS) is 1. The summed E-state index contributed by atoms with van der Waals surface area (Å²) in [7, 11) is 0. The molecule has 0 rings (SSSR count). The van der Waals surface area contributed by atoms with E-state index in [-0.39, 0.29) is 13.0 Å². The van der Waals surface area contributed by atoms with E-state index in [0.717, 1.165) is 12.8 Å². The molecule has 35 heavy (non-hydrogen) atoms. The van der Waals surface area contributed by atoms with Gasteiger partial charge in [-0.2, -0.15) is 0 Å². The lowest BCUT2D eigenvalue weighted by molar-refractivity contribution is -0.150. The van der Waals surface area contributed by atoms with Crippen molar-refractivity contribution in [3.63, 3.8) is 0 Å². The van der Waals surface area contributed by atoms with Crippen LogP contribution in [0.2, 0.25) is 0 Å². The highest BCUT2D eigenvalue weighted by molar-refractivity contribution is 5.80. The number of aliphatic carboxylic acids is 1. The van der Waals surface area contributed by atoms with Gasteiger partial charge in [-0.05, 0) is 12.8 Å². The van der Waals surface area contributed by atoms with Gasteiger partial charge >= 0.3 is 11.9 Å². The first-order chi connectivity index (χ1) is 17.1. The number of carboxylic acids is 1. The number of carbonyl (C=O) groups is 2. The van der Waals surface area contributed by atoms with Crippen molar-refractivity contribution in [2.75, 3.05) is 6.61 Å². The van der Waals surface area contributed by atoms with E-state index in [2.05, 4.69) is 13.5 Å². The van der Waals surface area contributed by atoms with E-state index in [1.165, 1.54) is 128 Å². The zero-order valence-electron chi connectivity index (χ0n) is 23.0. The van der Waals surface area contributed by atoms with Gasteiger partial charge < -0.3 is 9.84 Å². The second-order valence-corrected chi connectivity index (χ2v) is 10.1. The summed E-state index contributed by atoms with van der Waals surface area (Å²) in [4.78, 5) is 22.9. The number of hydrogen-bond acceptors (Lipinski definition) is 3. The molecule has 1 atom stereocenters. The summed E-state index contributed by atoms with van der Waals surface area (Å²) >= 11 is 0. The van der Waals surface area contributed by atoms with Crippen LogP contribution in [0.5, 0.6) is 0 Å². The molecular weight excluding hydrogens is 436 g/mol. The molecule has 0 fully saturated rings. The Bertz CT molecular complexity index is 526. The number of allylic oxidation sites excluding steroid dienone is 1. The number of ether oxygens (including phenoxy) is 1. The molecule has 0 aromatic heterocycles. The van der Waals surface area contributed by atoms with Gasteiger partial charge in [-0.25, -0.2) is 0 Å². The van der Waals surface area contributed by atoms with Crippen molar-refractivity contribution < 1.29 is 19.4 Å². The largest absolute Gasteiger partial charge is 0.481 e. The van der Waals surface area contributed by atoms with Crippen molar-refractivity contribution in [1.82, 2.24) is 0 Å². The zero-order valence-corrected chi connectivity index (χ0v) is 23.0. The Morgan fingerprint density at radius 2 is 1.11 bits per heavy atom. The van der Waals surface area contributed by atoms with Crippen molar-refractivity contribution in [3.8, 4) is 0 Å². The molecule has 0 amide bonds. The Kier molecular flexibility index (Phi) is 25.8. The van der Waals surface area contributed by atoms with E-state index in [0.29, 0.717) is 0 Å². The maximum absolute atomic E-state index is 11.9. The first-order valence-corrected chi connectivity index (χ1v) is 14.8. The molecule has 0 heterocycles. The van der Waals surface area contributed by atoms with Gasteiger partial charge in [0.2, 0.25) is 0 Å². The van der Waals surface area contributed by atoms with Crippen LogP contribution < -0.4 is 0 Å². The molecule has 4 heteroatoms. The summed E-state index contributed by atoms with van der Waals surface area (Å²) in [5.74, 6) is -2.20. The smallest absolute Gasteiger partial charge is 0.313 e. The van der Waals surface area contributed by atoms with Gasteiger partial charge in [-0.3, -0.25) is 9.59 Å². The number of hydrogen-bond donors (Lipinski definition) is 1. The van der Waals surface area contributed by atoms with Gasteiger partial charge in [-0.1, -0.05) is 154 Å². The van der Waals surface area contributed by atoms with E-state index < -0.39 is 17.9 Å². The number of unbranched alkanes of at least 4 members (excludes halogenated alkanes) is 20. The van der Waals surface area contributed by atoms with Crippen molar-refractivity contribution in [2.45, 2.75) is 148 Å². The van der Waals surface area contributed by atoms with Gasteiger partial charge in [-0.15, -0.1) is 0 Å². The van der Waals surface area contributed by atoms with Gasteiger partial charge in [0.1, 0.15) is 6.61 Å². The van der Waals surface area contributed by atoms with E-state index in [1.54, 1.807) is 6.08 Å². The maximum Gasteiger partial charge on any atom is 0.313 e. The highest BCUT2D eigenvalue weighted by Crippen LogP contribution is 2.15. The molecular formula is C31H56O4. The highest BCUT2D eigenvalue weighted by Gasteiger charge is 2.19. The molecule has 1 unspecified atom stereocenters. The maximum atomic E-state index is 11.9. The fourth-order valence-corrected chi connectivity index (χ4v) is 4.44. The number of rotatable bonds is 27. The van der Waals surface area contributed by atoms with Gasteiger partial charge in [0.05, 0.1) is 12.3 Å². The standard InChI is InChI=1S/C31H56O4/c1-3-5-6-7-8-9-10-11-12-13-14-15-16-17-18-19-20-21-22-23-24-25-26-29(28-30(32)33)31(34)35-27-4-2/h4,25-26,29H,2-3,5-24,27-28H2,1H3,(H,32,33)/b26-25+. The van der Waals surface area contributed by atoms with E-state index in [9.17, 15) is 9.59 Å². The van der Waals surface area contributed by atoms with Crippen LogP contribution in [0.25, 0.3) is 0 Å². The van der Waals surface area contributed by atoms with Crippen LogP contribution >= 0.6 is 0 Å². The Hall–Kier alpha value is -1.58. The van der Waals surface area contributed by atoms with Gasteiger partial charge in [0.15, 0.2) is 0 Å². The van der Waals surface area contributed by atoms with E-state index >= 15 is 0 Å². The fraction of sp³-hybridized carbons (Fsp3) is 0.806. The zero-order chi connectivity index (χ0) is 25.8. The quantitative estimate of drug-likeness (QED) is 0.0704. The lowest BCUT2D eigenvalue weighted by Gasteiger charge is -2.09. The summed E-state index contributed by atoms with van der Waals surface area (Å²) in [6.45, 7) is 5.90. The average molecular weight is 493 g/mol. The first-order valence-electron chi connectivity index (χ1n) is 14.8. The number of carbonyl (C=O) groups excluding carboxylic acids is 1. The third-order valence-electron chi connectivity index (χ3n) is 6.63. The molecule has 0 saturated heterocycles. The molecule has 0 aliphatic carbocycles. The van der Waals surface area contributed by atoms with Crippen molar-refractivity contribution in [2.24, 2.45) is 5.92 Å². The lowest BCUT2D eigenvalue weighted by Crippen LogP contribution is -2.19. The molecule has 0 aromatic rings. The fourth-order valence-electron chi connectivity index (χ4n) is 4.44. The van der Waals surface area contributed by atoms with E-state index in [4.69, 9.17) is 9.84 Å². The summed E-state index contributed by atoms with van der Waals surface area (Å²) in [5.41, 5.74) is 0. The first kappa shape index (κ1) is 33.4. The summed E-state index contributed by atoms with van der Waals surface area (Å²) < 4.78 is 4.98. The number of esters is 1. The second kappa shape index (κ2) is 27.0. The second-order valence-electron chi connectivity index (χ2n) is 10.1. The highest BCUT2D eigenvalue weighted by atomic mass is 16.5. The third-order valence-corrected chi connectivity index (χ3v) is 6.63. The topological polar surface area (TPSA) is 63.6 Å². The Balaban J connectivity index is 3.43. The minimum atomic E-state index is -0.992. The molecule has 0 aliphatic heterocycles. The monoisotopic (exact) mass is 492 g/mol. The predicted molar refractivity (Wildman–Crippen MR) is 149 cm³/mol. The molecule has 0 spiro atoms. The Morgan fingerprint density at radius 1 is 0.714 bits per heavy atom. The van der Waals surface area contributed by atoms with Crippen molar-refractivity contribution in [1.29, 1.82) is 0 Å². The SMILES string of the molecule is C=CCOC(=O)C(/C=C/CCCCCCCCCCCCCCCCCCCCCC)CC(=O)O. The molecule has 204 valence electrons. The molecule has 0 saturated carbocycles. The third kappa shape index (κ3) is 25.3. The van der Waals surface area contributed by atoms with Crippen molar-refractivity contribution in [3.05, 3.63) is 24.8 Å². The van der Waals surface area contributed by atoms with Crippen LogP contribution in [0.4, 0.5) is 0 Å². The van der Waals surface area contributed by atoms with Crippen LogP contribution in [0.1, 0.15) is 148 Å². The molecule has 0 bridgehead atoms. The minimum absolute atomic E-state index is 0.113.